The minimum absolute atomic E-state index is 0.573. The van der Waals surface area contributed by atoms with E-state index in [2.05, 4.69) is 97.0 Å². The van der Waals surface area contributed by atoms with E-state index in [0.29, 0.717) is 16.6 Å². The maximum atomic E-state index is 6.94. The Morgan fingerprint density at radius 2 is 1.50 bits per heavy atom. The summed E-state index contributed by atoms with van der Waals surface area (Å²) >= 11 is 0. The number of unbranched alkanes of at least 4 members (excludes halogenated alkanes) is 1. The summed E-state index contributed by atoms with van der Waals surface area (Å²) in [5.41, 5.74) is 2.90. The van der Waals surface area contributed by atoms with Crippen LogP contribution in [0.4, 0.5) is 0 Å². The minimum Gasteiger partial charge on any atom is -0.542 e. The Bertz CT molecular complexity index is 504. The van der Waals surface area contributed by atoms with Gasteiger partial charge < -0.3 is 4.43 Å². The quantitative estimate of drug-likeness (QED) is 0.255. The maximum Gasteiger partial charge on any atom is 0.258 e. The van der Waals surface area contributed by atoms with Gasteiger partial charge in [-0.05, 0) is 29.1 Å². The summed E-state index contributed by atoms with van der Waals surface area (Å²) < 4.78 is 6.94. The number of allylic oxidation sites excluding steroid dienone is 3. The molecule has 0 unspecified atom stereocenters. The van der Waals surface area contributed by atoms with Crippen molar-refractivity contribution in [2.24, 2.45) is 0 Å². The molecule has 0 heterocycles. The summed E-state index contributed by atoms with van der Waals surface area (Å²) in [6, 6.07) is 10.5. The average Bonchev–Trinajstić information content (AvgIpc) is 2.54. The molecule has 1 aromatic rings. The Labute approximate surface area is 151 Å². The van der Waals surface area contributed by atoms with Crippen molar-refractivity contribution in [2.75, 3.05) is 0 Å². The molecule has 0 aliphatic carbocycles. The molecule has 0 aromatic heterocycles. The molecule has 0 saturated heterocycles. The summed E-state index contributed by atoms with van der Waals surface area (Å²) in [5.74, 6) is 1.03. The summed E-state index contributed by atoms with van der Waals surface area (Å²) in [7, 11) is -1.94. The summed E-state index contributed by atoms with van der Waals surface area (Å²) in [6.45, 7) is 16.2. The van der Waals surface area contributed by atoms with Crippen LogP contribution in [0, 0.1) is 0 Å². The van der Waals surface area contributed by atoms with Crippen LogP contribution in [0.1, 0.15) is 66.9 Å². The van der Waals surface area contributed by atoms with Crippen molar-refractivity contribution in [2.45, 2.75) is 77.9 Å². The van der Waals surface area contributed by atoms with Crippen LogP contribution in [0.2, 0.25) is 16.6 Å². The second-order valence-corrected chi connectivity index (χ2v) is 12.9. The van der Waals surface area contributed by atoms with E-state index in [4.69, 9.17) is 4.43 Å². The fourth-order valence-corrected chi connectivity index (χ4v) is 9.03. The molecule has 134 valence electrons. The van der Waals surface area contributed by atoms with E-state index in [1.807, 2.05) is 0 Å². The van der Waals surface area contributed by atoms with Crippen molar-refractivity contribution in [3.05, 3.63) is 54.1 Å². The van der Waals surface area contributed by atoms with Crippen LogP contribution in [0.5, 0.6) is 0 Å². The second kappa shape index (κ2) is 9.88. The molecule has 0 N–H and O–H groups in total. The van der Waals surface area contributed by atoms with Crippen molar-refractivity contribution in [1.29, 1.82) is 0 Å². The molecule has 0 atom stereocenters. The van der Waals surface area contributed by atoms with Crippen LogP contribution in [0.25, 0.3) is 5.76 Å². The summed E-state index contributed by atoms with van der Waals surface area (Å²) in [6.07, 6.45) is 8.84. The number of benzene rings is 1. The molecule has 0 radical (unpaired) electrons. The van der Waals surface area contributed by atoms with Gasteiger partial charge in [0.05, 0.1) is 0 Å². The third-order valence-corrected chi connectivity index (χ3v) is 10.9. The molecular formula is C22H36OSi. The zero-order chi connectivity index (χ0) is 18.2. The highest BCUT2D eigenvalue weighted by molar-refractivity contribution is 6.78. The van der Waals surface area contributed by atoms with E-state index in [0.717, 1.165) is 12.2 Å². The lowest BCUT2D eigenvalue weighted by Crippen LogP contribution is -2.47. The molecule has 2 heteroatoms. The van der Waals surface area contributed by atoms with Crippen molar-refractivity contribution in [3.8, 4) is 0 Å². The molecule has 0 amide bonds. The van der Waals surface area contributed by atoms with Gasteiger partial charge in [-0.25, -0.2) is 0 Å². The molecule has 0 fully saturated rings. The highest BCUT2D eigenvalue weighted by Gasteiger charge is 2.47. The minimum atomic E-state index is -1.94. The second-order valence-electron chi connectivity index (χ2n) is 7.53. The monoisotopic (exact) mass is 344 g/mol. The molecule has 1 aromatic carbocycles. The van der Waals surface area contributed by atoms with Gasteiger partial charge in [0.15, 0.2) is 0 Å². The van der Waals surface area contributed by atoms with Gasteiger partial charge in [-0.3, -0.25) is 0 Å². The Kier molecular flexibility index (Phi) is 8.55. The first kappa shape index (κ1) is 20.8. The van der Waals surface area contributed by atoms with Gasteiger partial charge in [0.1, 0.15) is 5.76 Å². The molecule has 0 spiro atoms. The summed E-state index contributed by atoms with van der Waals surface area (Å²) in [4.78, 5) is 0. The zero-order valence-corrected chi connectivity index (χ0v) is 17.7. The Balaban J connectivity index is 3.28. The Morgan fingerprint density at radius 3 is 1.96 bits per heavy atom. The number of hydrogen-bond donors (Lipinski definition) is 0. The topological polar surface area (TPSA) is 9.23 Å². The fraction of sp³-hybridized carbons (Fsp3) is 0.545. The molecule has 1 nitrogen and oxygen atoms in total. The van der Waals surface area contributed by atoms with Crippen LogP contribution in [-0.4, -0.2) is 8.32 Å². The third-order valence-electron chi connectivity index (χ3n) is 4.89. The molecule has 0 aliphatic rings. The number of rotatable bonds is 9. The first-order chi connectivity index (χ1) is 11.4. The van der Waals surface area contributed by atoms with Crippen LogP contribution < -0.4 is 0 Å². The van der Waals surface area contributed by atoms with Crippen molar-refractivity contribution >= 4 is 14.1 Å². The predicted octanol–water partition coefficient (Wildman–Crippen LogP) is 7.58. The normalized spacial score (nSPS) is 13.5. The van der Waals surface area contributed by atoms with E-state index < -0.39 is 8.32 Å². The van der Waals surface area contributed by atoms with E-state index in [9.17, 15) is 0 Å². The molecule has 0 bridgehead atoms. The van der Waals surface area contributed by atoms with E-state index in [1.54, 1.807) is 0 Å². The lowest BCUT2D eigenvalue weighted by Gasteiger charge is -2.43. The Morgan fingerprint density at radius 1 is 0.958 bits per heavy atom. The maximum absolute atomic E-state index is 6.94. The van der Waals surface area contributed by atoms with E-state index in [-0.39, 0.29) is 0 Å². The number of hydrogen-bond acceptors (Lipinski definition) is 1. The summed E-state index contributed by atoms with van der Waals surface area (Å²) in [5, 5.41) is 0. The van der Waals surface area contributed by atoms with Crippen LogP contribution in [0.3, 0.4) is 0 Å². The van der Waals surface area contributed by atoms with Gasteiger partial charge >= 0.3 is 0 Å². The molecular weight excluding hydrogens is 308 g/mol. The lowest BCUT2D eigenvalue weighted by molar-refractivity contribution is 0.444. The van der Waals surface area contributed by atoms with Gasteiger partial charge in [-0.1, -0.05) is 97.4 Å². The zero-order valence-electron chi connectivity index (χ0n) is 16.7. The predicted molar refractivity (Wildman–Crippen MR) is 111 cm³/mol. The fourth-order valence-electron chi connectivity index (χ4n) is 3.75. The van der Waals surface area contributed by atoms with Crippen molar-refractivity contribution < 1.29 is 4.43 Å². The van der Waals surface area contributed by atoms with Gasteiger partial charge in [-0.2, -0.15) is 0 Å². The van der Waals surface area contributed by atoms with Crippen molar-refractivity contribution in [3.63, 3.8) is 0 Å². The van der Waals surface area contributed by atoms with Crippen molar-refractivity contribution in [1.82, 2.24) is 0 Å². The van der Waals surface area contributed by atoms with Gasteiger partial charge in [0.25, 0.3) is 8.32 Å². The van der Waals surface area contributed by atoms with Crippen LogP contribution in [-0.2, 0) is 4.43 Å². The third kappa shape index (κ3) is 5.11. The molecule has 1 rings (SSSR count). The van der Waals surface area contributed by atoms with Crippen LogP contribution >= 0.6 is 0 Å². The highest BCUT2D eigenvalue weighted by Crippen LogP contribution is 2.44. The highest BCUT2D eigenvalue weighted by atomic mass is 28.4. The van der Waals surface area contributed by atoms with Crippen LogP contribution in [0.15, 0.2) is 48.6 Å². The van der Waals surface area contributed by atoms with E-state index in [1.165, 1.54) is 12.0 Å². The first-order valence-electron chi connectivity index (χ1n) is 9.47. The molecule has 24 heavy (non-hydrogen) atoms. The molecule has 0 aliphatic heterocycles. The standard InChI is InChI=1S/C22H36OSi/c1-8-9-10-14-17-22(21-15-12-11-13-16-21)23-24(18(2)3,19(4)5)20(6)7/h10-20H,8-9H2,1-7H3/b14-10+,22-17-. The SMILES string of the molecule is CCC/C=C/C=C(\O[Si](C(C)C)(C(C)C)C(C)C)c1ccccc1. The average molecular weight is 345 g/mol. The first-order valence-corrected chi connectivity index (χ1v) is 11.6. The molecule has 0 saturated carbocycles. The largest absolute Gasteiger partial charge is 0.542 e. The Hall–Kier alpha value is -1.28. The smallest absolute Gasteiger partial charge is 0.258 e. The lowest BCUT2D eigenvalue weighted by atomic mass is 10.2. The van der Waals surface area contributed by atoms with Gasteiger partial charge in [0, 0.05) is 5.56 Å². The van der Waals surface area contributed by atoms with E-state index >= 15 is 0 Å². The van der Waals surface area contributed by atoms with Gasteiger partial charge in [-0.15, -0.1) is 0 Å². The van der Waals surface area contributed by atoms with Gasteiger partial charge in [0.2, 0.25) is 0 Å².